The molecule has 0 bridgehead atoms. The molecular formula is C15H19BrFNO2. The molecule has 110 valence electrons. The fourth-order valence-corrected chi connectivity index (χ4v) is 3.20. The van der Waals surface area contributed by atoms with E-state index in [2.05, 4.69) is 20.8 Å². The fraction of sp³-hybridized carbons (Fsp3) is 0.533. The second kappa shape index (κ2) is 6.22. The quantitative estimate of drug-likeness (QED) is 0.886. The monoisotopic (exact) mass is 343 g/mol. The van der Waals surface area contributed by atoms with Crippen LogP contribution < -0.4 is 0 Å². The first-order valence-corrected chi connectivity index (χ1v) is 7.66. The Labute approximate surface area is 126 Å². The molecule has 1 fully saturated rings. The molecule has 1 saturated heterocycles. The Bertz CT molecular complexity index is 509. The maximum atomic E-state index is 13.5. The van der Waals surface area contributed by atoms with Gasteiger partial charge in [-0.2, -0.15) is 0 Å². The topological polar surface area (TPSA) is 40.5 Å². The van der Waals surface area contributed by atoms with Gasteiger partial charge < -0.3 is 5.11 Å². The number of benzene rings is 1. The lowest BCUT2D eigenvalue weighted by molar-refractivity contribution is -0.148. The van der Waals surface area contributed by atoms with E-state index in [9.17, 15) is 14.3 Å². The summed E-state index contributed by atoms with van der Waals surface area (Å²) in [4.78, 5) is 13.6. The van der Waals surface area contributed by atoms with E-state index in [4.69, 9.17) is 0 Å². The molecule has 1 aromatic rings. The van der Waals surface area contributed by atoms with Crippen molar-refractivity contribution < 1.29 is 14.3 Å². The molecule has 1 aliphatic rings. The van der Waals surface area contributed by atoms with Gasteiger partial charge in [0.05, 0.1) is 9.89 Å². The van der Waals surface area contributed by atoms with Crippen LogP contribution in [0.25, 0.3) is 0 Å². The van der Waals surface area contributed by atoms with Crippen LogP contribution in [0.4, 0.5) is 4.39 Å². The van der Waals surface area contributed by atoms with Gasteiger partial charge in [-0.15, -0.1) is 0 Å². The van der Waals surface area contributed by atoms with Gasteiger partial charge in [0.15, 0.2) is 0 Å². The summed E-state index contributed by atoms with van der Waals surface area (Å²) >= 11 is 3.13. The Morgan fingerprint density at radius 3 is 2.90 bits per heavy atom. The summed E-state index contributed by atoms with van der Waals surface area (Å²) in [6.45, 7) is 3.91. The molecule has 0 radical (unpaired) electrons. The van der Waals surface area contributed by atoms with Crippen LogP contribution in [-0.4, -0.2) is 29.1 Å². The molecule has 0 amide bonds. The zero-order valence-electron chi connectivity index (χ0n) is 11.5. The SMILES string of the molecule is CCCC1(C(=O)O)CCN(Cc2ccc(Br)c(F)c2)C1. The predicted molar refractivity (Wildman–Crippen MR) is 79.0 cm³/mol. The number of halogens is 2. The highest BCUT2D eigenvalue weighted by atomic mass is 79.9. The summed E-state index contributed by atoms with van der Waals surface area (Å²) in [6, 6.07) is 5.07. The van der Waals surface area contributed by atoms with Crippen molar-refractivity contribution in [3.63, 3.8) is 0 Å². The zero-order valence-corrected chi connectivity index (χ0v) is 13.1. The Balaban J connectivity index is 2.05. The highest BCUT2D eigenvalue weighted by Crippen LogP contribution is 2.36. The molecule has 1 aliphatic heterocycles. The lowest BCUT2D eigenvalue weighted by Crippen LogP contribution is -2.34. The second-order valence-electron chi connectivity index (χ2n) is 5.54. The summed E-state index contributed by atoms with van der Waals surface area (Å²) in [5, 5.41) is 9.47. The molecular weight excluding hydrogens is 325 g/mol. The summed E-state index contributed by atoms with van der Waals surface area (Å²) in [6.07, 6.45) is 2.25. The first-order chi connectivity index (χ1) is 9.47. The van der Waals surface area contributed by atoms with E-state index in [0.29, 0.717) is 30.4 Å². The van der Waals surface area contributed by atoms with Gasteiger partial charge in [-0.25, -0.2) is 4.39 Å². The molecule has 1 aromatic carbocycles. The van der Waals surface area contributed by atoms with Gasteiger partial charge in [0.25, 0.3) is 0 Å². The number of aliphatic carboxylic acids is 1. The second-order valence-corrected chi connectivity index (χ2v) is 6.40. The largest absolute Gasteiger partial charge is 0.481 e. The molecule has 0 aromatic heterocycles. The standard InChI is InChI=1S/C15H19BrFNO2/c1-2-5-15(14(19)20)6-7-18(10-15)9-11-3-4-12(16)13(17)8-11/h3-4,8H,2,5-7,9-10H2,1H3,(H,19,20). The van der Waals surface area contributed by atoms with E-state index in [0.717, 1.165) is 18.5 Å². The number of hydrogen-bond acceptors (Lipinski definition) is 2. The van der Waals surface area contributed by atoms with Gasteiger partial charge in [0, 0.05) is 13.1 Å². The van der Waals surface area contributed by atoms with Crippen LogP contribution in [0, 0.1) is 11.2 Å². The van der Waals surface area contributed by atoms with Crippen molar-refractivity contribution >= 4 is 21.9 Å². The van der Waals surface area contributed by atoms with Crippen LogP contribution in [0.1, 0.15) is 31.7 Å². The van der Waals surface area contributed by atoms with Crippen molar-refractivity contribution in [1.29, 1.82) is 0 Å². The Kier molecular flexibility index (Phi) is 4.81. The van der Waals surface area contributed by atoms with Gasteiger partial charge >= 0.3 is 5.97 Å². The number of nitrogens with zero attached hydrogens (tertiary/aromatic N) is 1. The molecule has 1 atom stereocenters. The third-order valence-electron chi connectivity index (χ3n) is 4.01. The third-order valence-corrected chi connectivity index (χ3v) is 4.65. The van der Waals surface area contributed by atoms with Crippen LogP contribution in [0.2, 0.25) is 0 Å². The molecule has 5 heteroatoms. The lowest BCUT2D eigenvalue weighted by atomic mass is 9.83. The highest BCUT2D eigenvalue weighted by molar-refractivity contribution is 9.10. The molecule has 1 unspecified atom stereocenters. The summed E-state index contributed by atoms with van der Waals surface area (Å²) in [7, 11) is 0. The predicted octanol–water partition coefficient (Wildman–Crippen LogP) is 3.67. The van der Waals surface area contributed by atoms with Crippen LogP contribution in [0.15, 0.2) is 22.7 Å². The van der Waals surface area contributed by atoms with Crippen molar-refractivity contribution in [3.05, 3.63) is 34.1 Å². The molecule has 3 nitrogen and oxygen atoms in total. The van der Waals surface area contributed by atoms with E-state index in [1.807, 2.05) is 13.0 Å². The Morgan fingerprint density at radius 2 is 2.30 bits per heavy atom. The van der Waals surface area contributed by atoms with Gasteiger partial charge in [0.2, 0.25) is 0 Å². The highest BCUT2D eigenvalue weighted by Gasteiger charge is 2.43. The average Bonchev–Trinajstić information content (AvgIpc) is 2.79. The van der Waals surface area contributed by atoms with Crippen molar-refractivity contribution in [2.75, 3.05) is 13.1 Å². The molecule has 1 N–H and O–H groups in total. The first-order valence-electron chi connectivity index (χ1n) is 6.86. The number of carboxylic acids is 1. The maximum Gasteiger partial charge on any atom is 0.310 e. The summed E-state index contributed by atoms with van der Waals surface area (Å²) < 4.78 is 13.9. The Hall–Kier alpha value is -0.940. The minimum absolute atomic E-state index is 0.278. The third kappa shape index (κ3) is 3.20. The molecule has 0 spiro atoms. The fourth-order valence-electron chi connectivity index (χ4n) is 2.95. The zero-order chi connectivity index (χ0) is 14.8. The van der Waals surface area contributed by atoms with Gasteiger partial charge in [0.1, 0.15) is 5.82 Å². The van der Waals surface area contributed by atoms with Crippen molar-refractivity contribution in [2.24, 2.45) is 5.41 Å². The minimum atomic E-state index is -0.705. The van der Waals surface area contributed by atoms with E-state index in [-0.39, 0.29) is 5.82 Å². The molecule has 20 heavy (non-hydrogen) atoms. The maximum absolute atomic E-state index is 13.5. The summed E-state index contributed by atoms with van der Waals surface area (Å²) in [5.41, 5.74) is 0.256. The molecule has 0 saturated carbocycles. The smallest absolute Gasteiger partial charge is 0.310 e. The molecule has 0 aliphatic carbocycles. The van der Waals surface area contributed by atoms with Crippen molar-refractivity contribution in [1.82, 2.24) is 4.90 Å². The summed E-state index contributed by atoms with van der Waals surface area (Å²) in [5.74, 6) is -0.983. The van der Waals surface area contributed by atoms with Crippen LogP contribution >= 0.6 is 15.9 Å². The van der Waals surface area contributed by atoms with E-state index >= 15 is 0 Å². The number of carboxylic acid groups (broad SMARTS) is 1. The number of rotatable bonds is 5. The lowest BCUT2D eigenvalue weighted by Gasteiger charge is -2.24. The first kappa shape index (κ1) is 15.4. The van der Waals surface area contributed by atoms with Gasteiger partial charge in [-0.05, 0) is 53.0 Å². The van der Waals surface area contributed by atoms with Crippen molar-refractivity contribution in [3.8, 4) is 0 Å². The molecule has 2 rings (SSSR count). The normalized spacial score (nSPS) is 23.1. The molecule has 1 heterocycles. The van der Waals surface area contributed by atoms with Crippen molar-refractivity contribution in [2.45, 2.75) is 32.7 Å². The van der Waals surface area contributed by atoms with E-state index < -0.39 is 11.4 Å². The van der Waals surface area contributed by atoms with E-state index in [1.165, 1.54) is 6.07 Å². The van der Waals surface area contributed by atoms with Crippen LogP contribution in [-0.2, 0) is 11.3 Å². The van der Waals surface area contributed by atoms with Crippen LogP contribution in [0.3, 0.4) is 0 Å². The van der Waals surface area contributed by atoms with E-state index in [1.54, 1.807) is 6.07 Å². The van der Waals surface area contributed by atoms with Gasteiger partial charge in [-0.1, -0.05) is 19.4 Å². The minimum Gasteiger partial charge on any atom is -0.481 e. The number of likely N-dealkylation sites (tertiary alicyclic amines) is 1. The Morgan fingerprint density at radius 1 is 1.55 bits per heavy atom. The van der Waals surface area contributed by atoms with Crippen LogP contribution in [0.5, 0.6) is 0 Å². The number of hydrogen-bond donors (Lipinski definition) is 1. The average molecular weight is 344 g/mol. The van der Waals surface area contributed by atoms with Gasteiger partial charge in [-0.3, -0.25) is 9.69 Å². The number of carbonyl (C=O) groups is 1.